The molecule has 0 aliphatic carbocycles. The van der Waals surface area contributed by atoms with Crippen molar-refractivity contribution in [2.75, 3.05) is 7.11 Å². The van der Waals surface area contributed by atoms with Gasteiger partial charge in [0.2, 0.25) is 0 Å². The molecule has 24 heavy (non-hydrogen) atoms. The van der Waals surface area contributed by atoms with E-state index in [1.807, 2.05) is 30.3 Å². The molecular weight excluding hydrogens is 304 g/mol. The van der Waals surface area contributed by atoms with Gasteiger partial charge in [0.05, 0.1) is 12.7 Å². The van der Waals surface area contributed by atoms with Crippen LogP contribution in [0.5, 0.6) is 11.5 Å². The van der Waals surface area contributed by atoms with Crippen molar-refractivity contribution >= 4 is 22.5 Å². The number of carbonyl (C=O) groups excluding carboxylic acids is 2. The molecule has 3 aromatic rings. The highest BCUT2D eigenvalue weighted by atomic mass is 16.6. The summed E-state index contributed by atoms with van der Waals surface area (Å²) in [4.78, 5) is 23.8. The Morgan fingerprint density at radius 3 is 2.21 bits per heavy atom. The van der Waals surface area contributed by atoms with Gasteiger partial charge in [-0.15, -0.1) is 0 Å². The van der Waals surface area contributed by atoms with Crippen molar-refractivity contribution in [2.45, 2.75) is 6.92 Å². The average molecular weight is 320 g/mol. The number of rotatable bonds is 4. The van der Waals surface area contributed by atoms with E-state index in [9.17, 15) is 9.59 Å². The van der Waals surface area contributed by atoms with Gasteiger partial charge in [0.25, 0.3) is 0 Å². The fourth-order valence-corrected chi connectivity index (χ4v) is 2.45. The van der Waals surface area contributed by atoms with Crippen LogP contribution in [0.2, 0.25) is 0 Å². The number of Topliss-reactive ketones (excluding diaryl/α,β-unsaturated/α-hetero) is 1. The largest absolute Gasteiger partial charge is 0.493 e. The van der Waals surface area contributed by atoms with Crippen molar-refractivity contribution < 1.29 is 19.1 Å². The molecule has 0 heterocycles. The van der Waals surface area contributed by atoms with Crippen LogP contribution in [-0.2, 0) is 0 Å². The molecule has 0 saturated carbocycles. The molecule has 0 aromatic heterocycles. The zero-order chi connectivity index (χ0) is 17.1. The summed E-state index contributed by atoms with van der Waals surface area (Å²) in [6, 6.07) is 17.9. The summed E-state index contributed by atoms with van der Waals surface area (Å²) in [6.45, 7) is 1.47. The Bertz CT molecular complexity index is 928. The fourth-order valence-electron chi connectivity index (χ4n) is 2.45. The lowest BCUT2D eigenvalue weighted by atomic mass is 10.1. The number of hydrogen-bond acceptors (Lipinski definition) is 4. The Morgan fingerprint density at radius 2 is 1.50 bits per heavy atom. The number of benzene rings is 3. The van der Waals surface area contributed by atoms with Gasteiger partial charge < -0.3 is 9.47 Å². The molecule has 0 amide bonds. The molecule has 4 nitrogen and oxygen atoms in total. The highest BCUT2D eigenvalue weighted by molar-refractivity contribution is 5.97. The van der Waals surface area contributed by atoms with Crippen LogP contribution in [-0.4, -0.2) is 18.9 Å². The van der Waals surface area contributed by atoms with Crippen LogP contribution in [0.4, 0.5) is 0 Å². The third-order valence-corrected chi connectivity index (χ3v) is 3.76. The first-order valence-corrected chi connectivity index (χ1v) is 7.48. The Hall–Kier alpha value is -3.14. The molecule has 0 fully saturated rings. The summed E-state index contributed by atoms with van der Waals surface area (Å²) in [5.74, 6) is 0.0628. The summed E-state index contributed by atoms with van der Waals surface area (Å²) >= 11 is 0. The monoisotopic (exact) mass is 320 g/mol. The maximum atomic E-state index is 12.4. The molecule has 0 unspecified atom stereocenters. The molecule has 0 spiro atoms. The number of esters is 1. The number of hydrogen-bond donors (Lipinski definition) is 0. The molecule has 120 valence electrons. The van der Waals surface area contributed by atoms with Crippen molar-refractivity contribution in [3.8, 4) is 11.5 Å². The number of ether oxygens (including phenoxy) is 2. The lowest BCUT2D eigenvalue weighted by Crippen LogP contribution is -2.09. The molecule has 0 aliphatic rings. The van der Waals surface area contributed by atoms with Crippen molar-refractivity contribution in [1.82, 2.24) is 0 Å². The minimum absolute atomic E-state index is 0.0827. The van der Waals surface area contributed by atoms with E-state index < -0.39 is 5.97 Å². The zero-order valence-electron chi connectivity index (χ0n) is 13.4. The van der Waals surface area contributed by atoms with Crippen molar-refractivity contribution in [3.63, 3.8) is 0 Å². The molecule has 3 aromatic carbocycles. The van der Waals surface area contributed by atoms with Crippen LogP contribution in [0.15, 0.2) is 60.7 Å². The van der Waals surface area contributed by atoms with Gasteiger partial charge in [0.15, 0.2) is 17.3 Å². The number of methoxy groups -OCH3 is 1. The smallest absolute Gasteiger partial charge is 0.343 e. The minimum Gasteiger partial charge on any atom is -0.493 e. The Labute approximate surface area is 139 Å². The normalized spacial score (nSPS) is 10.4. The molecule has 4 heteroatoms. The van der Waals surface area contributed by atoms with E-state index in [2.05, 4.69) is 0 Å². The third kappa shape index (κ3) is 3.13. The number of carbonyl (C=O) groups is 2. The van der Waals surface area contributed by atoms with Gasteiger partial charge in [0, 0.05) is 5.56 Å². The molecule has 0 bridgehead atoms. The molecule has 0 saturated heterocycles. The van der Waals surface area contributed by atoms with E-state index in [1.54, 1.807) is 30.3 Å². The first kappa shape index (κ1) is 15.7. The summed E-state index contributed by atoms with van der Waals surface area (Å²) < 4.78 is 10.6. The second kappa shape index (κ2) is 6.54. The predicted molar refractivity (Wildman–Crippen MR) is 91.9 cm³/mol. The highest BCUT2D eigenvalue weighted by Crippen LogP contribution is 2.29. The van der Waals surface area contributed by atoms with Gasteiger partial charge >= 0.3 is 5.97 Å². The average Bonchev–Trinajstić information content (AvgIpc) is 2.61. The van der Waals surface area contributed by atoms with Gasteiger partial charge in [-0.2, -0.15) is 0 Å². The Morgan fingerprint density at radius 1 is 0.792 bits per heavy atom. The quantitative estimate of drug-likeness (QED) is 0.409. The van der Waals surface area contributed by atoms with Gasteiger partial charge in [-0.1, -0.05) is 30.3 Å². The minimum atomic E-state index is -0.477. The van der Waals surface area contributed by atoms with E-state index in [0.29, 0.717) is 16.9 Å². The predicted octanol–water partition coefficient (Wildman–Crippen LogP) is 4.27. The van der Waals surface area contributed by atoms with E-state index in [0.717, 1.165) is 10.8 Å². The zero-order valence-corrected chi connectivity index (χ0v) is 13.4. The molecular formula is C20H16O4. The second-order valence-electron chi connectivity index (χ2n) is 5.37. The highest BCUT2D eigenvalue weighted by Gasteiger charge is 2.14. The summed E-state index contributed by atoms with van der Waals surface area (Å²) in [7, 11) is 1.46. The van der Waals surface area contributed by atoms with Gasteiger partial charge in [-0.25, -0.2) is 4.79 Å². The topological polar surface area (TPSA) is 52.6 Å². The third-order valence-electron chi connectivity index (χ3n) is 3.76. The van der Waals surface area contributed by atoms with Crippen LogP contribution in [0.3, 0.4) is 0 Å². The van der Waals surface area contributed by atoms with E-state index in [4.69, 9.17) is 9.47 Å². The van der Waals surface area contributed by atoms with Crippen molar-refractivity contribution in [2.24, 2.45) is 0 Å². The lowest BCUT2D eigenvalue weighted by molar-refractivity contribution is 0.0730. The van der Waals surface area contributed by atoms with Crippen molar-refractivity contribution in [1.29, 1.82) is 0 Å². The molecule has 3 rings (SSSR count). The summed E-state index contributed by atoms with van der Waals surface area (Å²) in [6.07, 6.45) is 0. The van der Waals surface area contributed by atoms with Crippen molar-refractivity contribution in [3.05, 3.63) is 71.8 Å². The maximum absolute atomic E-state index is 12.4. The molecule has 0 aliphatic heterocycles. The van der Waals surface area contributed by atoms with Gasteiger partial charge in [-0.3, -0.25) is 4.79 Å². The van der Waals surface area contributed by atoms with Crippen LogP contribution in [0, 0.1) is 0 Å². The summed E-state index contributed by atoms with van der Waals surface area (Å²) in [5.41, 5.74) is 0.948. The summed E-state index contributed by atoms with van der Waals surface area (Å²) in [5, 5.41) is 2.02. The lowest BCUT2D eigenvalue weighted by Gasteiger charge is -2.10. The Balaban J connectivity index is 1.89. The molecule has 0 N–H and O–H groups in total. The van der Waals surface area contributed by atoms with Crippen LogP contribution in [0.25, 0.3) is 10.8 Å². The number of fused-ring (bicyclic) bond motifs is 1. The van der Waals surface area contributed by atoms with Crippen LogP contribution < -0.4 is 9.47 Å². The maximum Gasteiger partial charge on any atom is 0.343 e. The SMILES string of the molecule is COc1cc(C(C)=O)ccc1OC(=O)c1ccc2ccccc2c1. The van der Waals surface area contributed by atoms with Crippen LogP contribution in [0.1, 0.15) is 27.6 Å². The Kier molecular flexibility index (Phi) is 4.29. The van der Waals surface area contributed by atoms with Gasteiger partial charge in [-0.05, 0) is 48.0 Å². The standard InChI is InChI=1S/C20H16O4/c1-13(21)15-9-10-18(19(12-15)23-2)24-20(22)17-8-7-14-5-3-4-6-16(14)11-17/h3-12H,1-2H3. The van der Waals surface area contributed by atoms with Crippen LogP contribution >= 0.6 is 0 Å². The van der Waals surface area contributed by atoms with E-state index >= 15 is 0 Å². The molecule has 0 atom stereocenters. The first-order valence-electron chi connectivity index (χ1n) is 7.48. The first-order chi connectivity index (χ1) is 11.6. The number of ketones is 1. The van der Waals surface area contributed by atoms with E-state index in [1.165, 1.54) is 14.0 Å². The molecule has 0 radical (unpaired) electrons. The van der Waals surface area contributed by atoms with Gasteiger partial charge in [0.1, 0.15) is 0 Å². The second-order valence-corrected chi connectivity index (χ2v) is 5.37. The fraction of sp³-hybridized carbons (Fsp3) is 0.100. The van der Waals surface area contributed by atoms with E-state index in [-0.39, 0.29) is 11.5 Å².